The maximum Gasteiger partial charge on any atom is 0.223 e. The Kier molecular flexibility index (Phi) is 3.38. The van der Waals surface area contributed by atoms with Gasteiger partial charge in [0.05, 0.1) is 12.3 Å². The van der Waals surface area contributed by atoms with Crippen molar-refractivity contribution in [2.24, 2.45) is 0 Å². The van der Waals surface area contributed by atoms with Crippen molar-refractivity contribution in [3.8, 4) is 0 Å². The molecule has 2 heterocycles. The molecule has 84 valence electrons. The average Bonchev–Trinajstić information content (AvgIpc) is 2.67. The molecule has 15 heavy (non-hydrogen) atoms. The van der Waals surface area contributed by atoms with E-state index in [1.54, 1.807) is 13.1 Å². The number of aliphatic hydroxyl groups excluding tert-OH is 1. The maximum absolute atomic E-state index is 9.21. The molecule has 4 nitrogen and oxygen atoms in total. The van der Waals surface area contributed by atoms with Gasteiger partial charge in [0.2, 0.25) is 5.89 Å². The predicted molar refractivity (Wildman–Crippen MR) is 54.4 cm³/mol. The second-order valence-electron chi connectivity index (χ2n) is 4.07. The third-order valence-corrected chi connectivity index (χ3v) is 2.52. The zero-order valence-corrected chi connectivity index (χ0v) is 8.98. The molecular weight excluding hydrogens is 194 g/mol. The Bertz CT molecular complexity index is 303. The van der Waals surface area contributed by atoms with Crippen LogP contribution >= 0.6 is 0 Å². The maximum atomic E-state index is 9.21. The van der Waals surface area contributed by atoms with Crippen molar-refractivity contribution in [1.29, 1.82) is 0 Å². The van der Waals surface area contributed by atoms with Gasteiger partial charge in [-0.3, -0.25) is 0 Å². The molecule has 0 radical (unpaired) electrons. The number of aliphatic hydroxyl groups is 1. The predicted octanol–water partition coefficient (Wildman–Crippen LogP) is 1.84. The smallest absolute Gasteiger partial charge is 0.223 e. The SMILES string of the molecule is CC(O)Cc1cnc(C2CCCCO2)o1. The minimum absolute atomic E-state index is 0.0153. The van der Waals surface area contributed by atoms with Crippen molar-refractivity contribution in [2.75, 3.05) is 6.61 Å². The van der Waals surface area contributed by atoms with Crippen LogP contribution in [-0.2, 0) is 11.2 Å². The molecule has 1 N–H and O–H groups in total. The van der Waals surface area contributed by atoms with E-state index in [1.165, 1.54) is 6.42 Å². The zero-order valence-electron chi connectivity index (χ0n) is 8.98. The summed E-state index contributed by atoms with van der Waals surface area (Å²) in [6.45, 7) is 2.53. The van der Waals surface area contributed by atoms with Crippen LogP contribution in [0.5, 0.6) is 0 Å². The summed E-state index contributed by atoms with van der Waals surface area (Å²) in [6.07, 6.45) is 5.09. The Morgan fingerprint density at radius 2 is 2.47 bits per heavy atom. The lowest BCUT2D eigenvalue weighted by atomic mass is 10.1. The van der Waals surface area contributed by atoms with E-state index in [4.69, 9.17) is 9.15 Å². The van der Waals surface area contributed by atoms with E-state index in [9.17, 15) is 5.11 Å². The minimum Gasteiger partial charge on any atom is -0.443 e. The molecule has 2 rings (SSSR count). The minimum atomic E-state index is -0.391. The van der Waals surface area contributed by atoms with Gasteiger partial charge in [-0.2, -0.15) is 0 Å². The average molecular weight is 211 g/mol. The zero-order chi connectivity index (χ0) is 10.7. The van der Waals surface area contributed by atoms with Gasteiger partial charge in [-0.05, 0) is 26.2 Å². The van der Waals surface area contributed by atoms with Gasteiger partial charge in [0, 0.05) is 13.0 Å². The van der Waals surface area contributed by atoms with E-state index < -0.39 is 6.10 Å². The lowest BCUT2D eigenvalue weighted by Gasteiger charge is -2.19. The summed E-state index contributed by atoms with van der Waals surface area (Å²) >= 11 is 0. The lowest BCUT2D eigenvalue weighted by Crippen LogP contribution is -2.11. The van der Waals surface area contributed by atoms with E-state index in [0.29, 0.717) is 12.3 Å². The number of nitrogens with zero attached hydrogens (tertiary/aromatic N) is 1. The Hall–Kier alpha value is -0.870. The highest BCUT2D eigenvalue weighted by Gasteiger charge is 2.21. The summed E-state index contributed by atoms with van der Waals surface area (Å²) in [6, 6.07) is 0. The van der Waals surface area contributed by atoms with Gasteiger partial charge in [-0.25, -0.2) is 4.98 Å². The van der Waals surface area contributed by atoms with E-state index in [-0.39, 0.29) is 6.10 Å². The molecule has 2 unspecified atom stereocenters. The summed E-state index contributed by atoms with van der Waals surface area (Å²) in [5.41, 5.74) is 0. The summed E-state index contributed by atoms with van der Waals surface area (Å²) in [5.74, 6) is 1.39. The Morgan fingerprint density at radius 3 is 3.13 bits per heavy atom. The second kappa shape index (κ2) is 4.77. The Morgan fingerprint density at radius 1 is 1.60 bits per heavy atom. The first-order valence-corrected chi connectivity index (χ1v) is 5.50. The molecule has 1 aromatic heterocycles. The summed E-state index contributed by atoms with van der Waals surface area (Å²) in [5, 5.41) is 9.21. The van der Waals surface area contributed by atoms with E-state index >= 15 is 0 Å². The first-order chi connectivity index (χ1) is 7.25. The van der Waals surface area contributed by atoms with Crippen molar-refractivity contribution in [3.05, 3.63) is 17.8 Å². The van der Waals surface area contributed by atoms with Gasteiger partial charge in [-0.15, -0.1) is 0 Å². The molecule has 1 aliphatic heterocycles. The van der Waals surface area contributed by atoms with Crippen molar-refractivity contribution in [1.82, 2.24) is 4.98 Å². The van der Waals surface area contributed by atoms with Crippen LogP contribution in [0.4, 0.5) is 0 Å². The molecule has 1 fully saturated rings. The van der Waals surface area contributed by atoms with Gasteiger partial charge in [0.15, 0.2) is 0 Å². The third-order valence-electron chi connectivity index (χ3n) is 2.52. The molecule has 0 amide bonds. The van der Waals surface area contributed by atoms with Crippen LogP contribution in [0.1, 0.15) is 43.9 Å². The Balaban J connectivity index is 1.99. The van der Waals surface area contributed by atoms with Crippen LogP contribution in [0.3, 0.4) is 0 Å². The van der Waals surface area contributed by atoms with E-state index in [0.717, 1.165) is 25.2 Å². The topological polar surface area (TPSA) is 55.5 Å². The van der Waals surface area contributed by atoms with Gasteiger partial charge >= 0.3 is 0 Å². The van der Waals surface area contributed by atoms with Crippen molar-refractivity contribution >= 4 is 0 Å². The lowest BCUT2D eigenvalue weighted by molar-refractivity contribution is -0.00231. The van der Waals surface area contributed by atoms with Crippen LogP contribution in [-0.4, -0.2) is 22.8 Å². The van der Waals surface area contributed by atoms with Crippen molar-refractivity contribution in [2.45, 2.75) is 44.8 Å². The third kappa shape index (κ3) is 2.79. The normalized spacial score (nSPS) is 24.0. The van der Waals surface area contributed by atoms with Crippen LogP contribution in [0.25, 0.3) is 0 Å². The fourth-order valence-corrected chi connectivity index (χ4v) is 1.79. The quantitative estimate of drug-likeness (QED) is 0.828. The molecule has 0 saturated carbocycles. The number of hydrogen-bond acceptors (Lipinski definition) is 4. The standard InChI is InChI=1S/C11H17NO3/c1-8(13)6-9-7-12-11(15-9)10-4-2-3-5-14-10/h7-8,10,13H,2-6H2,1H3. The first-order valence-electron chi connectivity index (χ1n) is 5.50. The summed E-state index contributed by atoms with van der Waals surface area (Å²) in [4.78, 5) is 4.19. The molecule has 2 atom stereocenters. The largest absolute Gasteiger partial charge is 0.443 e. The van der Waals surface area contributed by atoms with Crippen LogP contribution in [0.15, 0.2) is 10.6 Å². The molecule has 1 aromatic rings. The highest BCUT2D eigenvalue weighted by Crippen LogP contribution is 2.27. The number of rotatable bonds is 3. The second-order valence-corrected chi connectivity index (χ2v) is 4.07. The number of hydrogen-bond donors (Lipinski definition) is 1. The Labute approximate surface area is 89.3 Å². The number of ether oxygens (including phenoxy) is 1. The van der Waals surface area contributed by atoms with Crippen molar-refractivity contribution in [3.63, 3.8) is 0 Å². The fourth-order valence-electron chi connectivity index (χ4n) is 1.79. The van der Waals surface area contributed by atoms with Crippen LogP contribution < -0.4 is 0 Å². The van der Waals surface area contributed by atoms with Gasteiger partial charge in [0.25, 0.3) is 0 Å². The van der Waals surface area contributed by atoms with Crippen LogP contribution in [0.2, 0.25) is 0 Å². The molecule has 4 heteroatoms. The molecule has 1 saturated heterocycles. The molecule has 0 bridgehead atoms. The van der Waals surface area contributed by atoms with E-state index in [1.807, 2.05) is 0 Å². The van der Waals surface area contributed by atoms with Gasteiger partial charge in [0.1, 0.15) is 11.9 Å². The number of aromatic nitrogens is 1. The summed E-state index contributed by atoms with van der Waals surface area (Å²) < 4.78 is 11.1. The highest BCUT2D eigenvalue weighted by atomic mass is 16.5. The van der Waals surface area contributed by atoms with Gasteiger partial charge < -0.3 is 14.3 Å². The molecule has 0 aliphatic carbocycles. The van der Waals surface area contributed by atoms with Gasteiger partial charge in [-0.1, -0.05) is 0 Å². The number of oxazole rings is 1. The van der Waals surface area contributed by atoms with E-state index in [2.05, 4.69) is 4.98 Å². The summed E-state index contributed by atoms with van der Waals surface area (Å²) in [7, 11) is 0. The first kappa shape index (κ1) is 10.6. The highest BCUT2D eigenvalue weighted by molar-refractivity contribution is 4.98. The molecule has 0 aromatic carbocycles. The molecule has 1 aliphatic rings. The fraction of sp³-hybridized carbons (Fsp3) is 0.727. The molecular formula is C11H17NO3. The molecule has 0 spiro atoms. The monoisotopic (exact) mass is 211 g/mol. The van der Waals surface area contributed by atoms with Crippen molar-refractivity contribution < 1.29 is 14.3 Å². The van der Waals surface area contributed by atoms with Crippen LogP contribution in [0, 0.1) is 0 Å².